The molecule has 17 heavy (non-hydrogen) atoms. The molecule has 1 aromatic rings. The molecule has 1 N–H and O–H groups in total. The first kappa shape index (κ1) is 14.5. The number of benzene rings is 1. The van der Waals surface area contributed by atoms with Crippen molar-refractivity contribution in [1.29, 1.82) is 0 Å². The van der Waals surface area contributed by atoms with Crippen LogP contribution < -0.4 is 10.1 Å². The molecule has 0 aromatic heterocycles. The molecule has 0 spiro atoms. The zero-order valence-corrected chi connectivity index (χ0v) is 12.5. The molecule has 1 atom stereocenters. The average molecular weight is 300 g/mol. The van der Waals surface area contributed by atoms with Crippen LogP contribution in [0, 0.1) is 0 Å². The molecule has 1 unspecified atom stereocenters. The Morgan fingerprint density at radius 2 is 2.06 bits per heavy atom. The van der Waals surface area contributed by atoms with Crippen LogP contribution >= 0.6 is 15.9 Å². The summed E-state index contributed by atoms with van der Waals surface area (Å²) >= 11 is 3.53. The number of rotatable bonds is 7. The second-order valence-electron chi connectivity index (χ2n) is 4.01. The van der Waals surface area contributed by atoms with Crippen molar-refractivity contribution >= 4 is 15.9 Å². The highest BCUT2D eigenvalue weighted by atomic mass is 79.9. The standard InChI is InChI=1S/C14H22BrNO/c1-4-7-13(16-5-2)12-10-11(15)8-9-14(12)17-6-3/h8-10,13,16H,4-7H2,1-3H3. The van der Waals surface area contributed by atoms with Gasteiger partial charge in [0.25, 0.3) is 0 Å². The Hall–Kier alpha value is -0.540. The third-order valence-corrected chi connectivity index (χ3v) is 3.17. The molecule has 0 radical (unpaired) electrons. The van der Waals surface area contributed by atoms with E-state index >= 15 is 0 Å². The number of hydrogen-bond donors (Lipinski definition) is 1. The fraction of sp³-hybridized carbons (Fsp3) is 0.571. The number of ether oxygens (including phenoxy) is 1. The van der Waals surface area contributed by atoms with Crippen LogP contribution in [0.3, 0.4) is 0 Å². The van der Waals surface area contributed by atoms with Crippen molar-refractivity contribution in [1.82, 2.24) is 5.32 Å². The van der Waals surface area contributed by atoms with E-state index in [9.17, 15) is 0 Å². The van der Waals surface area contributed by atoms with Gasteiger partial charge in [0.15, 0.2) is 0 Å². The molecule has 0 bridgehead atoms. The van der Waals surface area contributed by atoms with Gasteiger partial charge in [-0.3, -0.25) is 0 Å². The normalized spacial score (nSPS) is 12.5. The van der Waals surface area contributed by atoms with E-state index < -0.39 is 0 Å². The summed E-state index contributed by atoms with van der Waals surface area (Å²) in [6.07, 6.45) is 2.29. The molecule has 0 aliphatic rings. The number of hydrogen-bond acceptors (Lipinski definition) is 2. The Morgan fingerprint density at radius 3 is 2.65 bits per heavy atom. The van der Waals surface area contributed by atoms with E-state index in [-0.39, 0.29) is 0 Å². The third kappa shape index (κ3) is 4.32. The lowest BCUT2D eigenvalue weighted by atomic mass is 10.0. The maximum absolute atomic E-state index is 5.70. The molecule has 1 rings (SSSR count). The van der Waals surface area contributed by atoms with Crippen molar-refractivity contribution in [3.8, 4) is 5.75 Å². The van der Waals surface area contributed by atoms with Crippen molar-refractivity contribution < 1.29 is 4.74 Å². The Morgan fingerprint density at radius 1 is 1.29 bits per heavy atom. The summed E-state index contributed by atoms with van der Waals surface area (Å²) in [5.74, 6) is 0.995. The maximum Gasteiger partial charge on any atom is 0.124 e. The van der Waals surface area contributed by atoms with E-state index in [2.05, 4.69) is 41.2 Å². The lowest BCUT2D eigenvalue weighted by molar-refractivity contribution is 0.330. The van der Waals surface area contributed by atoms with Crippen molar-refractivity contribution in [2.75, 3.05) is 13.2 Å². The van der Waals surface area contributed by atoms with Crippen LogP contribution in [-0.2, 0) is 0 Å². The van der Waals surface area contributed by atoms with E-state index in [4.69, 9.17) is 4.74 Å². The molecule has 0 fully saturated rings. The molecule has 0 aliphatic heterocycles. The van der Waals surface area contributed by atoms with E-state index in [0.717, 1.165) is 29.6 Å². The zero-order valence-electron chi connectivity index (χ0n) is 10.9. The predicted octanol–water partition coefficient (Wildman–Crippen LogP) is 4.30. The monoisotopic (exact) mass is 299 g/mol. The Labute approximate surface area is 113 Å². The molecular weight excluding hydrogens is 278 g/mol. The number of nitrogens with one attached hydrogen (secondary N) is 1. The van der Waals surface area contributed by atoms with E-state index in [1.165, 1.54) is 5.56 Å². The van der Waals surface area contributed by atoms with E-state index in [1.807, 2.05) is 19.1 Å². The second-order valence-corrected chi connectivity index (χ2v) is 4.93. The van der Waals surface area contributed by atoms with Crippen LogP contribution in [0.25, 0.3) is 0 Å². The maximum atomic E-state index is 5.70. The van der Waals surface area contributed by atoms with Gasteiger partial charge in [-0.1, -0.05) is 36.2 Å². The molecule has 2 nitrogen and oxygen atoms in total. The molecule has 0 aliphatic carbocycles. The fourth-order valence-corrected chi connectivity index (χ4v) is 2.36. The summed E-state index contributed by atoms with van der Waals surface area (Å²) in [5, 5.41) is 3.53. The predicted molar refractivity (Wildman–Crippen MR) is 76.6 cm³/mol. The lowest BCUT2D eigenvalue weighted by Gasteiger charge is -2.21. The number of halogens is 1. The Kier molecular flexibility index (Phi) is 6.60. The molecule has 3 heteroatoms. The summed E-state index contributed by atoms with van der Waals surface area (Å²) in [6.45, 7) is 8.06. The third-order valence-electron chi connectivity index (χ3n) is 2.67. The van der Waals surface area contributed by atoms with Crippen LogP contribution in [0.15, 0.2) is 22.7 Å². The van der Waals surface area contributed by atoms with Crippen molar-refractivity contribution in [2.24, 2.45) is 0 Å². The fourth-order valence-electron chi connectivity index (χ4n) is 1.98. The first-order valence-electron chi connectivity index (χ1n) is 6.38. The molecule has 0 heterocycles. The summed E-state index contributed by atoms with van der Waals surface area (Å²) in [4.78, 5) is 0. The van der Waals surface area contributed by atoms with Gasteiger partial charge in [-0.2, -0.15) is 0 Å². The molecule has 96 valence electrons. The van der Waals surface area contributed by atoms with Gasteiger partial charge in [0, 0.05) is 16.1 Å². The quantitative estimate of drug-likeness (QED) is 0.810. The largest absolute Gasteiger partial charge is 0.494 e. The Balaban J connectivity index is 3.00. The Bertz CT molecular complexity index is 335. The van der Waals surface area contributed by atoms with Gasteiger partial charge < -0.3 is 10.1 Å². The van der Waals surface area contributed by atoms with Crippen molar-refractivity contribution in [3.05, 3.63) is 28.2 Å². The van der Waals surface area contributed by atoms with Gasteiger partial charge >= 0.3 is 0 Å². The highest BCUT2D eigenvalue weighted by Gasteiger charge is 2.14. The minimum Gasteiger partial charge on any atom is -0.494 e. The van der Waals surface area contributed by atoms with Gasteiger partial charge in [-0.05, 0) is 38.1 Å². The first-order valence-corrected chi connectivity index (χ1v) is 7.17. The molecule has 0 amide bonds. The minimum absolute atomic E-state index is 0.379. The van der Waals surface area contributed by atoms with Crippen LogP contribution in [0.5, 0.6) is 5.75 Å². The minimum atomic E-state index is 0.379. The average Bonchev–Trinajstić information content (AvgIpc) is 2.31. The highest BCUT2D eigenvalue weighted by Crippen LogP contribution is 2.31. The smallest absolute Gasteiger partial charge is 0.124 e. The summed E-state index contributed by atoms with van der Waals surface area (Å²) < 4.78 is 6.81. The van der Waals surface area contributed by atoms with Gasteiger partial charge in [-0.25, -0.2) is 0 Å². The second kappa shape index (κ2) is 7.72. The van der Waals surface area contributed by atoms with Crippen molar-refractivity contribution in [2.45, 2.75) is 39.7 Å². The van der Waals surface area contributed by atoms with E-state index in [1.54, 1.807) is 0 Å². The van der Waals surface area contributed by atoms with E-state index in [0.29, 0.717) is 12.6 Å². The summed E-state index contributed by atoms with van der Waals surface area (Å²) in [7, 11) is 0. The van der Waals surface area contributed by atoms with Gasteiger partial charge in [0.05, 0.1) is 6.61 Å². The summed E-state index contributed by atoms with van der Waals surface area (Å²) in [6, 6.07) is 6.62. The molecular formula is C14H22BrNO. The SMILES string of the molecule is CCCC(NCC)c1cc(Br)ccc1OCC. The first-order chi connectivity index (χ1) is 8.22. The summed E-state index contributed by atoms with van der Waals surface area (Å²) in [5.41, 5.74) is 1.25. The topological polar surface area (TPSA) is 21.3 Å². The van der Waals surface area contributed by atoms with Gasteiger partial charge in [-0.15, -0.1) is 0 Å². The molecule has 1 aromatic carbocycles. The zero-order chi connectivity index (χ0) is 12.7. The van der Waals surface area contributed by atoms with Gasteiger partial charge in [0.1, 0.15) is 5.75 Å². The van der Waals surface area contributed by atoms with Crippen LogP contribution in [0.2, 0.25) is 0 Å². The molecule has 0 saturated heterocycles. The van der Waals surface area contributed by atoms with Crippen molar-refractivity contribution in [3.63, 3.8) is 0 Å². The molecule has 0 saturated carbocycles. The van der Waals surface area contributed by atoms with Crippen LogP contribution in [0.1, 0.15) is 45.2 Å². The van der Waals surface area contributed by atoms with Gasteiger partial charge in [0.2, 0.25) is 0 Å². The highest BCUT2D eigenvalue weighted by molar-refractivity contribution is 9.10. The van der Waals surface area contributed by atoms with Crippen LogP contribution in [-0.4, -0.2) is 13.2 Å². The van der Waals surface area contributed by atoms with Crippen LogP contribution in [0.4, 0.5) is 0 Å². The lowest BCUT2D eigenvalue weighted by Crippen LogP contribution is -2.21.